The summed E-state index contributed by atoms with van der Waals surface area (Å²) >= 11 is 0. The zero-order chi connectivity index (χ0) is 19.8. The Balaban J connectivity index is 2.23. The van der Waals surface area contributed by atoms with Gasteiger partial charge in [0.25, 0.3) is 0 Å². The van der Waals surface area contributed by atoms with Crippen LogP contribution < -0.4 is 9.47 Å². The Morgan fingerprint density at radius 3 is 2.44 bits per heavy atom. The zero-order valence-corrected chi connectivity index (χ0v) is 15.6. The average molecular weight is 371 g/mol. The molecule has 0 aliphatic heterocycles. The molecule has 7 heteroatoms. The number of nitrogens with zero attached hydrogens (tertiary/aromatic N) is 1. The van der Waals surface area contributed by atoms with Gasteiger partial charge in [0.2, 0.25) is 0 Å². The van der Waals surface area contributed by atoms with Crippen LogP contribution in [0.5, 0.6) is 11.5 Å². The zero-order valence-electron chi connectivity index (χ0n) is 15.6. The molecule has 0 aliphatic rings. The summed E-state index contributed by atoms with van der Waals surface area (Å²) in [6.45, 7) is 3.39. The van der Waals surface area contributed by atoms with E-state index in [-0.39, 0.29) is 18.3 Å². The highest BCUT2D eigenvalue weighted by atomic mass is 16.6. The second-order valence-corrected chi connectivity index (χ2v) is 5.58. The van der Waals surface area contributed by atoms with Crippen molar-refractivity contribution in [2.24, 2.45) is 5.16 Å². The van der Waals surface area contributed by atoms with Crippen LogP contribution in [0.4, 0.5) is 0 Å². The van der Waals surface area contributed by atoms with Gasteiger partial charge in [-0.1, -0.05) is 29.4 Å². The molecule has 0 atom stereocenters. The van der Waals surface area contributed by atoms with Crippen LogP contribution in [-0.4, -0.2) is 31.9 Å². The minimum atomic E-state index is -0.605. The summed E-state index contributed by atoms with van der Waals surface area (Å²) in [5, 5.41) is 3.78. The van der Waals surface area contributed by atoms with Crippen molar-refractivity contribution in [3.05, 3.63) is 59.2 Å². The Kier molecular flexibility index (Phi) is 6.93. The molecular weight excluding hydrogens is 350 g/mol. The van der Waals surface area contributed by atoms with Crippen molar-refractivity contribution in [3.63, 3.8) is 0 Å². The lowest BCUT2D eigenvalue weighted by atomic mass is 10.0. The molecule has 27 heavy (non-hydrogen) atoms. The maximum absolute atomic E-state index is 12.0. The highest BCUT2D eigenvalue weighted by Gasteiger charge is 2.19. The highest BCUT2D eigenvalue weighted by Crippen LogP contribution is 2.25. The fraction of sp³-hybridized carbons (Fsp3) is 0.250. The van der Waals surface area contributed by atoms with Crippen LogP contribution in [0, 0.1) is 6.92 Å². The minimum Gasteiger partial charge on any atom is -0.489 e. The third-order valence-corrected chi connectivity index (χ3v) is 3.62. The quantitative estimate of drug-likeness (QED) is 0.322. The number of methoxy groups -OCH3 is 1. The van der Waals surface area contributed by atoms with E-state index in [1.165, 1.54) is 21.1 Å². The molecule has 0 bridgehead atoms. The van der Waals surface area contributed by atoms with E-state index in [2.05, 4.69) is 5.16 Å². The highest BCUT2D eigenvalue weighted by molar-refractivity contribution is 6.43. The molecule has 2 aromatic rings. The smallest absolute Gasteiger partial charge is 0.360 e. The normalized spacial score (nSPS) is 10.9. The Labute approximate surface area is 157 Å². The van der Waals surface area contributed by atoms with Gasteiger partial charge >= 0.3 is 11.9 Å². The van der Waals surface area contributed by atoms with Gasteiger partial charge in [-0.2, -0.15) is 0 Å². The third kappa shape index (κ3) is 5.31. The van der Waals surface area contributed by atoms with E-state index in [1.807, 2.05) is 19.1 Å². The number of carbonyl (C=O) groups excluding carboxylic acids is 2. The van der Waals surface area contributed by atoms with Crippen LogP contribution in [0.1, 0.15) is 23.6 Å². The van der Waals surface area contributed by atoms with Crippen LogP contribution in [-0.2, 0) is 25.8 Å². The molecule has 2 aromatic carbocycles. The molecule has 0 saturated carbocycles. The first-order chi connectivity index (χ1) is 13.0. The molecule has 7 nitrogen and oxygen atoms in total. The average Bonchev–Trinajstić information content (AvgIpc) is 2.65. The molecule has 0 N–H and O–H groups in total. The summed E-state index contributed by atoms with van der Waals surface area (Å²) in [4.78, 5) is 27.8. The van der Waals surface area contributed by atoms with Crippen molar-refractivity contribution in [2.45, 2.75) is 20.5 Å². The molecule has 0 radical (unpaired) electrons. The van der Waals surface area contributed by atoms with Gasteiger partial charge in [-0.15, -0.1) is 0 Å². The maximum Gasteiger partial charge on any atom is 0.360 e. The summed E-state index contributed by atoms with van der Waals surface area (Å²) in [5.41, 5.74) is 2.16. The van der Waals surface area contributed by atoms with Crippen LogP contribution in [0.15, 0.2) is 47.6 Å². The summed E-state index contributed by atoms with van der Waals surface area (Å²) in [5.74, 6) is 0.0907. The lowest BCUT2D eigenvalue weighted by molar-refractivity contribution is -0.133. The molecule has 0 saturated heterocycles. The van der Waals surface area contributed by atoms with E-state index in [9.17, 15) is 9.59 Å². The Hall–Kier alpha value is -3.35. The van der Waals surface area contributed by atoms with Crippen molar-refractivity contribution < 1.29 is 28.6 Å². The topological polar surface area (TPSA) is 83.4 Å². The number of hydrogen-bond donors (Lipinski definition) is 0. The van der Waals surface area contributed by atoms with Gasteiger partial charge in [-0.25, -0.2) is 4.79 Å². The first-order valence-corrected chi connectivity index (χ1v) is 8.16. The molecule has 0 amide bonds. The lowest BCUT2D eigenvalue weighted by Gasteiger charge is -2.13. The largest absolute Gasteiger partial charge is 0.489 e. The standard InChI is InChI=1S/C20H21NO6/c1-13-11-16(27-14(2)22)9-10-18(13)26-12-15-7-5-6-8-17(15)19(21-25-4)20(23)24-3/h5-11H,12H2,1-4H3/b21-19+. The summed E-state index contributed by atoms with van der Waals surface area (Å²) in [6, 6.07) is 12.3. The van der Waals surface area contributed by atoms with E-state index in [4.69, 9.17) is 19.0 Å². The molecule has 0 aliphatic carbocycles. The Bertz CT molecular complexity index is 859. The first kappa shape index (κ1) is 20.0. The number of oxime groups is 1. The molecule has 0 spiro atoms. The van der Waals surface area contributed by atoms with E-state index in [0.717, 1.165) is 11.1 Å². The molecule has 0 unspecified atom stereocenters. The molecular formula is C20H21NO6. The molecule has 0 aromatic heterocycles. The molecule has 142 valence electrons. The van der Waals surface area contributed by atoms with Gasteiger partial charge in [0.05, 0.1) is 7.11 Å². The molecule has 2 rings (SSSR count). The fourth-order valence-electron chi connectivity index (χ4n) is 2.43. The van der Waals surface area contributed by atoms with E-state index >= 15 is 0 Å². The molecule has 0 heterocycles. The van der Waals surface area contributed by atoms with E-state index in [0.29, 0.717) is 17.1 Å². The van der Waals surface area contributed by atoms with Gasteiger partial charge in [-0.3, -0.25) is 4.79 Å². The van der Waals surface area contributed by atoms with Crippen LogP contribution in [0.2, 0.25) is 0 Å². The third-order valence-electron chi connectivity index (χ3n) is 3.62. The monoisotopic (exact) mass is 371 g/mol. The minimum absolute atomic E-state index is 0.0566. The van der Waals surface area contributed by atoms with Gasteiger partial charge in [0.15, 0.2) is 5.71 Å². The summed E-state index contributed by atoms with van der Waals surface area (Å²) in [6.07, 6.45) is 0. The second kappa shape index (κ2) is 9.38. The second-order valence-electron chi connectivity index (χ2n) is 5.58. The number of carbonyl (C=O) groups is 2. The van der Waals surface area contributed by atoms with Gasteiger partial charge < -0.3 is 19.0 Å². The maximum atomic E-state index is 12.0. The summed E-state index contributed by atoms with van der Waals surface area (Å²) < 4.78 is 15.7. The van der Waals surface area contributed by atoms with Crippen LogP contribution in [0.25, 0.3) is 0 Å². The number of ether oxygens (including phenoxy) is 3. The number of esters is 2. The number of aryl methyl sites for hydroxylation is 1. The summed E-state index contributed by atoms with van der Waals surface area (Å²) in [7, 11) is 2.64. The Morgan fingerprint density at radius 1 is 1.07 bits per heavy atom. The van der Waals surface area contributed by atoms with Crippen molar-refractivity contribution in [1.29, 1.82) is 0 Å². The fourth-order valence-corrected chi connectivity index (χ4v) is 2.43. The van der Waals surface area contributed by atoms with Crippen molar-refractivity contribution in [3.8, 4) is 11.5 Å². The number of rotatable bonds is 7. The first-order valence-electron chi connectivity index (χ1n) is 8.16. The van der Waals surface area contributed by atoms with Crippen LogP contribution in [0.3, 0.4) is 0 Å². The lowest BCUT2D eigenvalue weighted by Crippen LogP contribution is -2.19. The Morgan fingerprint density at radius 2 is 1.81 bits per heavy atom. The van der Waals surface area contributed by atoms with Crippen molar-refractivity contribution >= 4 is 17.7 Å². The van der Waals surface area contributed by atoms with E-state index in [1.54, 1.807) is 30.3 Å². The van der Waals surface area contributed by atoms with Crippen molar-refractivity contribution in [1.82, 2.24) is 0 Å². The van der Waals surface area contributed by atoms with Gasteiger partial charge in [0, 0.05) is 12.5 Å². The van der Waals surface area contributed by atoms with Gasteiger partial charge in [-0.05, 0) is 36.2 Å². The molecule has 0 fully saturated rings. The number of hydrogen-bond acceptors (Lipinski definition) is 7. The predicted octanol–water partition coefficient (Wildman–Crippen LogP) is 3.02. The van der Waals surface area contributed by atoms with E-state index < -0.39 is 5.97 Å². The van der Waals surface area contributed by atoms with Crippen LogP contribution >= 0.6 is 0 Å². The van der Waals surface area contributed by atoms with Crippen molar-refractivity contribution in [2.75, 3.05) is 14.2 Å². The number of benzene rings is 2. The van der Waals surface area contributed by atoms with Gasteiger partial charge in [0.1, 0.15) is 25.2 Å². The SMILES string of the molecule is CO/N=C(/C(=O)OC)c1ccccc1COc1ccc(OC(C)=O)cc1C. The predicted molar refractivity (Wildman–Crippen MR) is 98.8 cm³/mol.